The number of anilines is 2. The maximum absolute atomic E-state index is 12.4. The van der Waals surface area contributed by atoms with Gasteiger partial charge in [-0.15, -0.1) is 0 Å². The van der Waals surface area contributed by atoms with Gasteiger partial charge >= 0.3 is 5.97 Å². The number of hydrogen-bond donors (Lipinski definition) is 5. The summed E-state index contributed by atoms with van der Waals surface area (Å²) in [6.45, 7) is 5.15. The van der Waals surface area contributed by atoms with Crippen molar-refractivity contribution in [1.82, 2.24) is 15.6 Å². The molecular formula is C17H25N5O4. The SMILES string of the molecule is CC(C)(CC(=O)Nc1cncc(C(=O)O)c1N)NC(=O)C1CCNCC1. The number of hydrogen-bond acceptors (Lipinski definition) is 6. The first-order valence-electron chi connectivity index (χ1n) is 8.49. The molecule has 1 aromatic rings. The molecule has 0 spiro atoms. The van der Waals surface area contributed by atoms with Crippen LogP contribution in [0, 0.1) is 5.92 Å². The molecule has 1 fully saturated rings. The number of nitrogens with one attached hydrogen (secondary N) is 3. The smallest absolute Gasteiger partial charge is 0.339 e. The molecule has 0 unspecified atom stereocenters. The lowest BCUT2D eigenvalue weighted by Gasteiger charge is -2.30. The minimum Gasteiger partial charge on any atom is -0.478 e. The molecule has 6 N–H and O–H groups in total. The second-order valence-corrected chi connectivity index (χ2v) is 7.08. The largest absolute Gasteiger partial charge is 0.478 e. The monoisotopic (exact) mass is 363 g/mol. The first-order chi connectivity index (χ1) is 12.2. The molecule has 1 saturated heterocycles. The van der Waals surface area contributed by atoms with Crippen LogP contribution >= 0.6 is 0 Å². The van der Waals surface area contributed by atoms with Gasteiger partial charge in [0.25, 0.3) is 0 Å². The van der Waals surface area contributed by atoms with Gasteiger partial charge in [-0.2, -0.15) is 0 Å². The molecule has 1 aliphatic rings. The third kappa shape index (κ3) is 5.16. The predicted molar refractivity (Wildman–Crippen MR) is 96.7 cm³/mol. The van der Waals surface area contributed by atoms with Crippen LogP contribution in [0.3, 0.4) is 0 Å². The van der Waals surface area contributed by atoms with E-state index < -0.39 is 17.4 Å². The zero-order chi connectivity index (χ0) is 19.3. The van der Waals surface area contributed by atoms with Gasteiger partial charge in [-0.1, -0.05) is 0 Å². The van der Waals surface area contributed by atoms with E-state index in [0.717, 1.165) is 32.1 Å². The highest BCUT2D eigenvalue weighted by Crippen LogP contribution is 2.22. The normalized spacial score (nSPS) is 15.3. The number of pyridine rings is 1. The van der Waals surface area contributed by atoms with E-state index in [0.29, 0.717) is 0 Å². The minimum atomic E-state index is -1.22. The Morgan fingerprint density at radius 1 is 1.31 bits per heavy atom. The van der Waals surface area contributed by atoms with E-state index in [1.165, 1.54) is 6.20 Å². The number of nitrogens with zero attached hydrogens (tertiary/aromatic N) is 1. The van der Waals surface area contributed by atoms with Gasteiger partial charge in [0.15, 0.2) is 0 Å². The maximum Gasteiger partial charge on any atom is 0.339 e. The summed E-state index contributed by atoms with van der Waals surface area (Å²) < 4.78 is 0. The summed E-state index contributed by atoms with van der Waals surface area (Å²) in [6.07, 6.45) is 3.98. The lowest BCUT2D eigenvalue weighted by molar-refractivity contribution is -0.128. The quantitative estimate of drug-likeness (QED) is 0.497. The average molecular weight is 363 g/mol. The van der Waals surface area contributed by atoms with Gasteiger partial charge in [0.1, 0.15) is 5.56 Å². The number of nitrogens with two attached hydrogens (primary N) is 1. The number of carbonyl (C=O) groups excluding carboxylic acids is 2. The average Bonchev–Trinajstić information content (AvgIpc) is 2.56. The molecule has 2 heterocycles. The van der Waals surface area contributed by atoms with E-state index in [4.69, 9.17) is 10.8 Å². The number of piperidine rings is 1. The molecule has 142 valence electrons. The van der Waals surface area contributed by atoms with Crippen LogP contribution < -0.4 is 21.7 Å². The summed E-state index contributed by atoms with van der Waals surface area (Å²) in [5, 5.41) is 17.7. The molecule has 9 nitrogen and oxygen atoms in total. The second kappa shape index (κ2) is 8.13. The van der Waals surface area contributed by atoms with Crippen LogP contribution in [0.15, 0.2) is 12.4 Å². The van der Waals surface area contributed by atoms with E-state index in [1.54, 1.807) is 13.8 Å². The molecule has 0 radical (unpaired) electrons. The lowest BCUT2D eigenvalue weighted by atomic mass is 9.94. The Kier molecular flexibility index (Phi) is 6.14. The summed E-state index contributed by atoms with van der Waals surface area (Å²) in [5.41, 5.74) is 4.91. The van der Waals surface area contributed by atoms with Crippen LogP contribution in [0.1, 0.15) is 43.5 Å². The molecule has 1 aromatic heterocycles. The molecule has 0 aromatic carbocycles. The van der Waals surface area contributed by atoms with E-state index in [-0.39, 0.29) is 35.2 Å². The lowest BCUT2D eigenvalue weighted by Crippen LogP contribution is -2.49. The Morgan fingerprint density at radius 2 is 1.96 bits per heavy atom. The summed E-state index contributed by atoms with van der Waals surface area (Å²) in [4.78, 5) is 39.5. The Balaban J connectivity index is 1.96. The third-order valence-corrected chi connectivity index (χ3v) is 4.27. The van der Waals surface area contributed by atoms with Crippen LogP contribution in [0.5, 0.6) is 0 Å². The number of carbonyl (C=O) groups is 3. The maximum atomic E-state index is 12.4. The molecule has 0 aliphatic carbocycles. The van der Waals surface area contributed by atoms with Crippen molar-refractivity contribution in [3.63, 3.8) is 0 Å². The van der Waals surface area contributed by atoms with Crippen LogP contribution in [-0.2, 0) is 9.59 Å². The number of nitrogen functional groups attached to an aromatic ring is 1. The number of aromatic nitrogens is 1. The van der Waals surface area contributed by atoms with Crippen molar-refractivity contribution < 1.29 is 19.5 Å². The third-order valence-electron chi connectivity index (χ3n) is 4.27. The highest BCUT2D eigenvalue weighted by Gasteiger charge is 2.29. The Hall–Kier alpha value is -2.68. The molecule has 26 heavy (non-hydrogen) atoms. The van der Waals surface area contributed by atoms with Crippen molar-refractivity contribution in [2.24, 2.45) is 5.92 Å². The van der Waals surface area contributed by atoms with Crippen LogP contribution in [-0.4, -0.2) is 46.5 Å². The van der Waals surface area contributed by atoms with Crippen molar-refractivity contribution in [2.75, 3.05) is 24.1 Å². The van der Waals surface area contributed by atoms with Gasteiger partial charge < -0.3 is 26.8 Å². The number of carboxylic acids is 1. The molecule has 9 heteroatoms. The Labute approximate surface area is 151 Å². The van der Waals surface area contributed by atoms with Crippen molar-refractivity contribution in [3.8, 4) is 0 Å². The topological polar surface area (TPSA) is 146 Å². The van der Waals surface area contributed by atoms with Gasteiger partial charge in [-0.05, 0) is 39.8 Å². The van der Waals surface area contributed by atoms with Gasteiger partial charge in [-0.25, -0.2) is 4.79 Å². The van der Waals surface area contributed by atoms with E-state index in [9.17, 15) is 14.4 Å². The molecular weight excluding hydrogens is 338 g/mol. The first kappa shape index (κ1) is 19.6. The summed E-state index contributed by atoms with van der Waals surface area (Å²) in [7, 11) is 0. The van der Waals surface area contributed by atoms with E-state index >= 15 is 0 Å². The van der Waals surface area contributed by atoms with Crippen molar-refractivity contribution in [2.45, 2.75) is 38.6 Å². The molecule has 2 amide bonds. The fourth-order valence-electron chi connectivity index (χ4n) is 2.90. The first-order valence-corrected chi connectivity index (χ1v) is 8.49. The van der Waals surface area contributed by atoms with Crippen molar-refractivity contribution >= 4 is 29.2 Å². The van der Waals surface area contributed by atoms with Gasteiger partial charge in [0.05, 0.1) is 17.6 Å². The Bertz CT molecular complexity index is 698. The predicted octanol–water partition coefficient (Wildman–Crippen LogP) is 0.585. The number of carboxylic acid groups (broad SMARTS) is 1. The van der Waals surface area contributed by atoms with Crippen LogP contribution in [0.4, 0.5) is 11.4 Å². The fraction of sp³-hybridized carbons (Fsp3) is 0.529. The molecule has 0 atom stereocenters. The highest BCUT2D eigenvalue weighted by atomic mass is 16.4. The molecule has 2 rings (SSSR count). The summed E-state index contributed by atoms with van der Waals surface area (Å²) >= 11 is 0. The van der Waals surface area contributed by atoms with Crippen molar-refractivity contribution in [3.05, 3.63) is 18.0 Å². The van der Waals surface area contributed by atoms with Crippen LogP contribution in [0.2, 0.25) is 0 Å². The van der Waals surface area contributed by atoms with E-state index in [1.807, 2.05) is 0 Å². The number of aromatic carboxylic acids is 1. The fourth-order valence-corrected chi connectivity index (χ4v) is 2.90. The van der Waals surface area contributed by atoms with Gasteiger partial charge in [0.2, 0.25) is 11.8 Å². The minimum absolute atomic E-state index is 0.0143. The van der Waals surface area contributed by atoms with Gasteiger partial charge in [-0.3, -0.25) is 14.6 Å². The van der Waals surface area contributed by atoms with Crippen LogP contribution in [0.25, 0.3) is 0 Å². The summed E-state index contributed by atoms with van der Waals surface area (Å²) in [5.74, 6) is -1.72. The number of rotatable bonds is 6. The zero-order valence-corrected chi connectivity index (χ0v) is 15.0. The number of amides is 2. The van der Waals surface area contributed by atoms with E-state index in [2.05, 4.69) is 20.9 Å². The van der Waals surface area contributed by atoms with Crippen molar-refractivity contribution in [1.29, 1.82) is 0 Å². The molecule has 0 bridgehead atoms. The summed E-state index contributed by atoms with van der Waals surface area (Å²) in [6, 6.07) is 0. The molecule has 0 saturated carbocycles. The second-order valence-electron chi connectivity index (χ2n) is 7.08. The standard InChI is InChI=1S/C17H25N5O4/c1-17(2,22-15(24)10-3-5-19-6-4-10)7-13(23)21-12-9-20-8-11(14(12)18)16(25)26/h8-10,19H,3-7H2,1-2H3,(H2,18,20)(H,21,23)(H,22,24)(H,25,26). The highest BCUT2D eigenvalue weighted by molar-refractivity contribution is 6.01. The molecule has 1 aliphatic heterocycles. The zero-order valence-electron chi connectivity index (χ0n) is 15.0. The Morgan fingerprint density at radius 3 is 2.58 bits per heavy atom. The van der Waals surface area contributed by atoms with Gasteiger partial charge in [0, 0.05) is 24.1 Å².